The normalized spacial score (nSPS) is 9.91. The minimum Gasteiger partial charge on any atom is -0.493 e. The minimum absolute atomic E-state index is 0.402. The van der Waals surface area contributed by atoms with Gasteiger partial charge in [0.1, 0.15) is 0 Å². The number of methoxy groups -OCH3 is 3. The highest BCUT2D eigenvalue weighted by Crippen LogP contribution is 2.39. The first-order chi connectivity index (χ1) is 11.1. The van der Waals surface area contributed by atoms with Gasteiger partial charge in [0.2, 0.25) is 5.75 Å². The number of carbonyl (C=O) groups excluding carboxylic acids is 1. The van der Waals surface area contributed by atoms with E-state index in [0.717, 1.165) is 0 Å². The molecule has 0 unspecified atom stereocenters. The molecule has 0 aliphatic carbocycles. The molecule has 0 radical (unpaired) electrons. The number of anilines is 2. The molecule has 0 aliphatic heterocycles. The predicted molar refractivity (Wildman–Crippen MR) is 92.4 cm³/mol. The first kappa shape index (κ1) is 16.8. The summed E-state index contributed by atoms with van der Waals surface area (Å²) in [4.78, 5) is 12.8. The number of rotatable bonds is 5. The van der Waals surface area contributed by atoms with E-state index in [1.165, 1.54) is 21.3 Å². The number of benzene rings is 2. The molecule has 0 fully saturated rings. The number of thiol groups is 1. The molecule has 2 rings (SSSR count). The zero-order valence-electron chi connectivity index (χ0n) is 13.0. The molecule has 0 saturated carbocycles. The van der Waals surface area contributed by atoms with Crippen molar-refractivity contribution in [3.63, 3.8) is 0 Å². The molecule has 0 heterocycles. The molecule has 2 aromatic rings. The number of urea groups is 1. The van der Waals surface area contributed by atoms with Gasteiger partial charge in [0.15, 0.2) is 11.5 Å². The highest BCUT2D eigenvalue weighted by atomic mass is 32.1. The van der Waals surface area contributed by atoms with Gasteiger partial charge in [0, 0.05) is 17.0 Å². The third-order valence-corrected chi connectivity index (χ3v) is 3.46. The van der Waals surface area contributed by atoms with Crippen molar-refractivity contribution >= 4 is 30.0 Å². The minimum atomic E-state index is -0.402. The summed E-state index contributed by atoms with van der Waals surface area (Å²) in [5.74, 6) is 1.37. The molecule has 2 aromatic carbocycles. The van der Waals surface area contributed by atoms with Crippen molar-refractivity contribution in [2.45, 2.75) is 4.90 Å². The van der Waals surface area contributed by atoms with Gasteiger partial charge in [-0.25, -0.2) is 4.79 Å². The quantitative estimate of drug-likeness (QED) is 0.730. The maximum absolute atomic E-state index is 12.1. The maximum Gasteiger partial charge on any atom is 0.323 e. The Labute approximate surface area is 140 Å². The highest BCUT2D eigenvalue weighted by molar-refractivity contribution is 7.80. The summed E-state index contributed by atoms with van der Waals surface area (Å²) in [6, 6.07) is 10.1. The van der Waals surface area contributed by atoms with E-state index < -0.39 is 6.03 Å². The van der Waals surface area contributed by atoms with E-state index in [2.05, 4.69) is 23.3 Å². The topological polar surface area (TPSA) is 68.8 Å². The average molecular weight is 334 g/mol. The summed E-state index contributed by atoms with van der Waals surface area (Å²) in [6.07, 6.45) is 0. The fourth-order valence-electron chi connectivity index (χ4n) is 2.02. The third-order valence-electron chi connectivity index (χ3n) is 3.07. The average Bonchev–Trinajstić information content (AvgIpc) is 2.55. The van der Waals surface area contributed by atoms with Crippen molar-refractivity contribution < 1.29 is 19.0 Å². The van der Waals surface area contributed by atoms with Crippen LogP contribution in [0.1, 0.15) is 0 Å². The van der Waals surface area contributed by atoms with Crippen LogP contribution in [0.2, 0.25) is 0 Å². The smallest absolute Gasteiger partial charge is 0.323 e. The van der Waals surface area contributed by atoms with Crippen molar-refractivity contribution in [2.75, 3.05) is 32.0 Å². The van der Waals surface area contributed by atoms with E-state index in [0.29, 0.717) is 33.5 Å². The van der Waals surface area contributed by atoms with Crippen molar-refractivity contribution in [3.8, 4) is 17.2 Å². The second-order valence-electron chi connectivity index (χ2n) is 4.51. The van der Waals surface area contributed by atoms with Crippen molar-refractivity contribution in [3.05, 3.63) is 36.4 Å². The zero-order valence-corrected chi connectivity index (χ0v) is 13.9. The Morgan fingerprint density at radius 1 is 0.957 bits per heavy atom. The van der Waals surface area contributed by atoms with Crippen LogP contribution in [0.15, 0.2) is 41.3 Å². The SMILES string of the molecule is COc1cc(NC(=O)Nc2ccccc2S)cc(OC)c1OC. The first-order valence-electron chi connectivity index (χ1n) is 6.75. The fourth-order valence-corrected chi connectivity index (χ4v) is 2.23. The molecule has 0 saturated heterocycles. The van der Waals surface area contributed by atoms with Gasteiger partial charge in [0.25, 0.3) is 0 Å². The lowest BCUT2D eigenvalue weighted by Crippen LogP contribution is -2.19. The van der Waals surface area contributed by atoms with Crippen LogP contribution in [0.4, 0.5) is 16.2 Å². The predicted octanol–water partition coefficient (Wildman–Crippen LogP) is 3.65. The van der Waals surface area contributed by atoms with Crippen LogP contribution in [0.5, 0.6) is 17.2 Å². The number of nitrogens with one attached hydrogen (secondary N) is 2. The second kappa shape index (κ2) is 7.64. The fraction of sp³-hybridized carbons (Fsp3) is 0.188. The van der Waals surface area contributed by atoms with Gasteiger partial charge in [-0.15, -0.1) is 12.6 Å². The van der Waals surface area contributed by atoms with Crippen LogP contribution in [0.25, 0.3) is 0 Å². The maximum atomic E-state index is 12.1. The van der Waals surface area contributed by atoms with Crippen LogP contribution < -0.4 is 24.8 Å². The lowest BCUT2D eigenvalue weighted by Gasteiger charge is -2.15. The number of hydrogen-bond donors (Lipinski definition) is 3. The Bertz CT molecular complexity index is 681. The van der Waals surface area contributed by atoms with Gasteiger partial charge in [-0.2, -0.15) is 0 Å². The molecule has 122 valence electrons. The van der Waals surface area contributed by atoms with E-state index in [-0.39, 0.29) is 0 Å². The number of amides is 2. The van der Waals surface area contributed by atoms with Crippen LogP contribution in [-0.2, 0) is 0 Å². The van der Waals surface area contributed by atoms with Gasteiger partial charge in [-0.1, -0.05) is 12.1 Å². The molecule has 0 spiro atoms. The van der Waals surface area contributed by atoms with Crippen molar-refractivity contribution in [1.29, 1.82) is 0 Å². The lowest BCUT2D eigenvalue weighted by molar-refractivity contribution is 0.262. The van der Waals surface area contributed by atoms with E-state index in [1.807, 2.05) is 12.1 Å². The molecule has 0 atom stereocenters. The van der Waals surface area contributed by atoms with E-state index >= 15 is 0 Å². The Morgan fingerprint density at radius 2 is 1.57 bits per heavy atom. The summed E-state index contributed by atoms with van der Waals surface area (Å²) < 4.78 is 15.7. The molecule has 0 bridgehead atoms. The molecule has 6 nitrogen and oxygen atoms in total. The Kier molecular flexibility index (Phi) is 5.59. The van der Waals surface area contributed by atoms with E-state index in [1.54, 1.807) is 24.3 Å². The van der Waals surface area contributed by atoms with E-state index in [4.69, 9.17) is 14.2 Å². The molecule has 23 heavy (non-hydrogen) atoms. The van der Waals surface area contributed by atoms with Crippen LogP contribution in [0.3, 0.4) is 0 Å². The van der Waals surface area contributed by atoms with Crippen LogP contribution in [-0.4, -0.2) is 27.4 Å². The Hall–Kier alpha value is -2.54. The molecule has 2 amide bonds. The number of hydrogen-bond acceptors (Lipinski definition) is 5. The number of para-hydroxylation sites is 1. The monoisotopic (exact) mass is 334 g/mol. The summed E-state index contributed by atoms with van der Waals surface area (Å²) in [6.45, 7) is 0. The largest absolute Gasteiger partial charge is 0.493 e. The molecule has 0 aromatic heterocycles. The van der Waals surface area contributed by atoms with Gasteiger partial charge in [-0.3, -0.25) is 0 Å². The summed E-state index contributed by atoms with van der Waals surface area (Å²) in [7, 11) is 4.54. The second-order valence-corrected chi connectivity index (χ2v) is 4.99. The van der Waals surface area contributed by atoms with Gasteiger partial charge >= 0.3 is 6.03 Å². The summed E-state index contributed by atoms with van der Waals surface area (Å²) in [5, 5.41) is 5.44. The highest BCUT2D eigenvalue weighted by Gasteiger charge is 2.14. The number of ether oxygens (including phenoxy) is 3. The Morgan fingerprint density at radius 3 is 2.09 bits per heavy atom. The van der Waals surface area contributed by atoms with Gasteiger partial charge in [0.05, 0.1) is 32.7 Å². The lowest BCUT2D eigenvalue weighted by atomic mass is 10.2. The number of carbonyl (C=O) groups is 1. The van der Waals surface area contributed by atoms with E-state index in [9.17, 15) is 4.79 Å². The molecule has 7 heteroatoms. The van der Waals surface area contributed by atoms with Gasteiger partial charge in [-0.05, 0) is 12.1 Å². The molecule has 2 N–H and O–H groups in total. The Balaban J connectivity index is 2.19. The third kappa shape index (κ3) is 4.01. The van der Waals surface area contributed by atoms with Crippen molar-refractivity contribution in [2.24, 2.45) is 0 Å². The standard InChI is InChI=1S/C16H18N2O4S/c1-20-12-8-10(9-13(21-2)15(12)22-3)17-16(19)18-11-6-4-5-7-14(11)23/h4-9,23H,1-3H3,(H2,17,18,19). The van der Waals surface area contributed by atoms with Crippen molar-refractivity contribution in [1.82, 2.24) is 0 Å². The van der Waals surface area contributed by atoms with Crippen LogP contribution >= 0.6 is 12.6 Å². The zero-order chi connectivity index (χ0) is 16.8. The summed E-state index contributed by atoms with van der Waals surface area (Å²) in [5.41, 5.74) is 1.12. The molecule has 0 aliphatic rings. The van der Waals surface area contributed by atoms with Gasteiger partial charge < -0.3 is 24.8 Å². The molecular formula is C16H18N2O4S. The summed E-state index contributed by atoms with van der Waals surface area (Å²) >= 11 is 4.29. The molecular weight excluding hydrogens is 316 g/mol. The first-order valence-corrected chi connectivity index (χ1v) is 7.19. The van der Waals surface area contributed by atoms with Crippen LogP contribution in [0, 0.1) is 0 Å².